The summed E-state index contributed by atoms with van der Waals surface area (Å²) in [5, 5.41) is 3.42. The number of fused-ring (bicyclic) bond motifs is 1. The van der Waals surface area contributed by atoms with Crippen LogP contribution in [0, 0.1) is 5.41 Å². The molecular formula is C14H19ClN2O. The highest BCUT2D eigenvalue weighted by molar-refractivity contribution is 6.32. The minimum absolute atomic E-state index is 0.0153. The molecule has 0 fully saturated rings. The van der Waals surface area contributed by atoms with Gasteiger partial charge in [-0.2, -0.15) is 0 Å². The van der Waals surface area contributed by atoms with E-state index in [4.69, 9.17) is 17.3 Å². The maximum absolute atomic E-state index is 11.4. The van der Waals surface area contributed by atoms with E-state index in [0.29, 0.717) is 11.4 Å². The summed E-state index contributed by atoms with van der Waals surface area (Å²) in [5.41, 5.74) is 9.04. The molecule has 1 atom stereocenters. The average molecular weight is 267 g/mol. The third-order valence-corrected chi connectivity index (χ3v) is 4.26. The van der Waals surface area contributed by atoms with E-state index in [0.717, 1.165) is 23.2 Å². The van der Waals surface area contributed by atoms with Crippen LogP contribution in [0.15, 0.2) is 12.1 Å². The van der Waals surface area contributed by atoms with E-state index in [9.17, 15) is 4.79 Å². The Morgan fingerprint density at radius 3 is 2.78 bits per heavy atom. The van der Waals surface area contributed by atoms with Crippen LogP contribution in [-0.4, -0.2) is 5.91 Å². The van der Waals surface area contributed by atoms with Gasteiger partial charge >= 0.3 is 0 Å². The number of amides is 1. The van der Waals surface area contributed by atoms with Gasteiger partial charge in [-0.3, -0.25) is 4.79 Å². The minimum Gasteiger partial charge on any atom is -0.325 e. The van der Waals surface area contributed by atoms with Crippen molar-refractivity contribution in [2.45, 2.75) is 39.7 Å². The number of anilines is 1. The molecule has 1 heterocycles. The fourth-order valence-corrected chi connectivity index (χ4v) is 2.43. The number of benzene rings is 1. The lowest BCUT2D eigenvalue weighted by molar-refractivity contribution is -0.115. The van der Waals surface area contributed by atoms with Crippen molar-refractivity contribution in [1.29, 1.82) is 0 Å². The molecule has 0 saturated carbocycles. The molecule has 1 unspecified atom stereocenters. The molecule has 2 rings (SSSR count). The maximum Gasteiger partial charge on any atom is 0.228 e. The van der Waals surface area contributed by atoms with Crippen molar-refractivity contribution in [2.75, 3.05) is 5.32 Å². The predicted octanol–water partition coefficient (Wildman–Crippen LogP) is 3.27. The van der Waals surface area contributed by atoms with Gasteiger partial charge in [0, 0.05) is 16.8 Å². The molecule has 1 aliphatic heterocycles. The van der Waals surface area contributed by atoms with Crippen molar-refractivity contribution in [3.8, 4) is 0 Å². The number of carbonyl (C=O) groups excluding carboxylic acids is 1. The van der Waals surface area contributed by atoms with E-state index < -0.39 is 0 Å². The van der Waals surface area contributed by atoms with Gasteiger partial charge in [-0.15, -0.1) is 0 Å². The molecule has 3 N–H and O–H groups in total. The van der Waals surface area contributed by atoms with Crippen molar-refractivity contribution in [1.82, 2.24) is 0 Å². The average Bonchev–Trinajstić information content (AvgIpc) is 2.66. The SMILES string of the molecule is CCC(C)(C)C(N)c1cc2c(cc1Cl)NC(=O)C2. The second-order valence-electron chi connectivity index (χ2n) is 5.58. The lowest BCUT2D eigenvalue weighted by atomic mass is 9.78. The van der Waals surface area contributed by atoms with Gasteiger partial charge in [-0.1, -0.05) is 38.4 Å². The molecule has 0 spiro atoms. The zero-order valence-electron chi connectivity index (χ0n) is 11.0. The Kier molecular flexibility index (Phi) is 3.39. The Labute approximate surface area is 113 Å². The van der Waals surface area contributed by atoms with Crippen LogP contribution in [-0.2, 0) is 11.2 Å². The Hall–Kier alpha value is -1.06. The number of halogens is 1. The van der Waals surface area contributed by atoms with Crippen molar-refractivity contribution < 1.29 is 4.79 Å². The molecule has 4 heteroatoms. The predicted molar refractivity (Wildman–Crippen MR) is 74.8 cm³/mol. The van der Waals surface area contributed by atoms with Gasteiger partial charge in [-0.25, -0.2) is 0 Å². The van der Waals surface area contributed by atoms with Gasteiger partial charge < -0.3 is 11.1 Å². The normalized spacial score (nSPS) is 16.4. The molecule has 0 bridgehead atoms. The Morgan fingerprint density at radius 1 is 1.50 bits per heavy atom. The molecule has 1 amide bonds. The second-order valence-corrected chi connectivity index (χ2v) is 5.98. The molecule has 1 aromatic carbocycles. The van der Waals surface area contributed by atoms with Gasteiger partial charge in [0.25, 0.3) is 0 Å². The maximum atomic E-state index is 11.4. The zero-order valence-corrected chi connectivity index (χ0v) is 11.8. The summed E-state index contributed by atoms with van der Waals surface area (Å²) in [4.78, 5) is 11.4. The van der Waals surface area contributed by atoms with Crippen molar-refractivity contribution in [3.05, 3.63) is 28.3 Å². The first kappa shape index (κ1) is 13.4. The number of carbonyl (C=O) groups is 1. The lowest BCUT2D eigenvalue weighted by Crippen LogP contribution is -2.28. The second kappa shape index (κ2) is 4.56. The summed E-state index contributed by atoms with van der Waals surface area (Å²) in [5.74, 6) is 0.0153. The highest BCUT2D eigenvalue weighted by atomic mass is 35.5. The van der Waals surface area contributed by atoms with Gasteiger partial charge in [0.2, 0.25) is 5.91 Å². The van der Waals surface area contributed by atoms with Crippen molar-refractivity contribution >= 4 is 23.2 Å². The van der Waals surface area contributed by atoms with Gasteiger partial charge in [0.15, 0.2) is 0 Å². The van der Waals surface area contributed by atoms with Crippen LogP contribution in [0.1, 0.15) is 44.4 Å². The highest BCUT2D eigenvalue weighted by Crippen LogP contribution is 2.40. The number of hydrogen-bond acceptors (Lipinski definition) is 2. The van der Waals surface area contributed by atoms with E-state index in [1.807, 2.05) is 12.1 Å². The topological polar surface area (TPSA) is 55.1 Å². The summed E-state index contributed by atoms with van der Waals surface area (Å²) < 4.78 is 0. The molecule has 0 aromatic heterocycles. The third kappa shape index (κ3) is 2.25. The Bertz CT molecular complexity index is 497. The number of hydrogen-bond donors (Lipinski definition) is 2. The molecule has 0 radical (unpaired) electrons. The Morgan fingerprint density at radius 2 is 2.17 bits per heavy atom. The van der Waals surface area contributed by atoms with Crippen molar-refractivity contribution in [3.63, 3.8) is 0 Å². The third-order valence-electron chi connectivity index (χ3n) is 3.94. The van der Waals surface area contributed by atoms with Crippen LogP contribution >= 0.6 is 11.6 Å². The lowest BCUT2D eigenvalue weighted by Gasteiger charge is -2.31. The molecule has 0 aliphatic carbocycles. The fourth-order valence-electron chi connectivity index (χ4n) is 2.15. The van der Waals surface area contributed by atoms with Crippen LogP contribution in [0.2, 0.25) is 5.02 Å². The molecule has 98 valence electrons. The van der Waals surface area contributed by atoms with Gasteiger partial charge in [0.1, 0.15) is 0 Å². The number of rotatable bonds is 3. The summed E-state index contributed by atoms with van der Waals surface area (Å²) in [6.07, 6.45) is 1.39. The molecule has 1 aliphatic rings. The largest absolute Gasteiger partial charge is 0.325 e. The smallest absolute Gasteiger partial charge is 0.228 e. The van der Waals surface area contributed by atoms with Crippen LogP contribution in [0.4, 0.5) is 5.69 Å². The quantitative estimate of drug-likeness (QED) is 0.882. The standard InChI is InChI=1S/C14H19ClN2O/c1-4-14(2,3)13(16)9-5-8-6-12(18)17-11(8)7-10(9)15/h5,7,13H,4,6,16H2,1-3H3,(H,17,18). The molecule has 1 aromatic rings. The van der Waals surface area contributed by atoms with Crippen molar-refractivity contribution in [2.24, 2.45) is 11.1 Å². The molecular weight excluding hydrogens is 248 g/mol. The van der Waals surface area contributed by atoms with Crippen LogP contribution in [0.5, 0.6) is 0 Å². The molecule has 18 heavy (non-hydrogen) atoms. The monoisotopic (exact) mass is 266 g/mol. The van der Waals surface area contributed by atoms with Gasteiger partial charge in [0.05, 0.1) is 6.42 Å². The van der Waals surface area contributed by atoms with Crippen LogP contribution < -0.4 is 11.1 Å². The first-order valence-electron chi connectivity index (χ1n) is 6.23. The van der Waals surface area contributed by atoms with E-state index in [1.54, 1.807) is 0 Å². The Balaban J connectivity index is 2.41. The molecule has 3 nitrogen and oxygen atoms in total. The summed E-state index contributed by atoms with van der Waals surface area (Å²) >= 11 is 6.28. The minimum atomic E-state index is -0.129. The number of nitrogens with two attached hydrogens (primary N) is 1. The van der Waals surface area contributed by atoms with Crippen LogP contribution in [0.3, 0.4) is 0 Å². The van der Waals surface area contributed by atoms with E-state index in [1.165, 1.54) is 0 Å². The van der Waals surface area contributed by atoms with Crippen LogP contribution in [0.25, 0.3) is 0 Å². The fraction of sp³-hybridized carbons (Fsp3) is 0.500. The summed E-state index contributed by atoms with van der Waals surface area (Å²) in [6, 6.07) is 3.65. The summed E-state index contributed by atoms with van der Waals surface area (Å²) in [6.45, 7) is 6.38. The summed E-state index contributed by atoms with van der Waals surface area (Å²) in [7, 11) is 0. The first-order chi connectivity index (χ1) is 8.35. The number of nitrogens with one attached hydrogen (secondary N) is 1. The van der Waals surface area contributed by atoms with E-state index in [2.05, 4.69) is 26.1 Å². The zero-order chi connectivity index (χ0) is 13.5. The molecule has 0 saturated heterocycles. The van der Waals surface area contributed by atoms with E-state index >= 15 is 0 Å². The first-order valence-corrected chi connectivity index (χ1v) is 6.60. The highest BCUT2D eigenvalue weighted by Gasteiger charge is 2.29. The van der Waals surface area contributed by atoms with E-state index in [-0.39, 0.29) is 17.4 Å². The van der Waals surface area contributed by atoms with Gasteiger partial charge in [-0.05, 0) is 29.0 Å².